The lowest BCUT2D eigenvalue weighted by Crippen LogP contribution is -2.35. The van der Waals surface area contributed by atoms with Gasteiger partial charge in [0.25, 0.3) is 11.5 Å². The second-order valence-corrected chi connectivity index (χ2v) is 6.67. The Hall–Kier alpha value is -3.30. The highest BCUT2D eigenvalue weighted by Gasteiger charge is 2.23. The molecule has 0 fully saturated rings. The lowest BCUT2D eigenvalue weighted by Gasteiger charge is -2.14. The second kappa shape index (κ2) is 9.47. The van der Waals surface area contributed by atoms with Gasteiger partial charge < -0.3 is 24.8 Å². The number of nitrogens with one attached hydrogen (secondary N) is 1. The first-order chi connectivity index (χ1) is 14.5. The SMILES string of the molecule is COCCNC(=O)c1c(O)c2ncc(Cc3ccc(F)cc3)cc2n(CCO)c1=O. The summed E-state index contributed by atoms with van der Waals surface area (Å²) in [7, 11) is 1.47. The van der Waals surface area contributed by atoms with Gasteiger partial charge in [-0.3, -0.25) is 14.6 Å². The van der Waals surface area contributed by atoms with Gasteiger partial charge >= 0.3 is 0 Å². The van der Waals surface area contributed by atoms with Crippen LogP contribution in [0.1, 0.15) is 21.5 Å². The Morgan fingerprint density at radius 1 is 1.27 bits per heavy atom. The molecule has 8 nitrogen and oxygen atoms in total. The van der Waals surface area contributed by atoms with E-state index in [1.54, 1.807) is 18.2 Å². The number of amides is 1. The van der Waals surface area contributed by atoms with Crippen molar-refractivity contribution in [3.8, 4) is 5.75 Å². The smallest absolute Gasteiger partial charge is 0.267 e. The van der Waals surface area contributed by atoms with E-state index in [1.807, 2.05) is 0 Å². The van der Waals surface area contributed by atoms with Gasteiger partial charge in [-0.2, -0.15) is 0 Å². The lowest BCUT2D eigenvalue weighted by molar-refractivity contribution is 0.0932. The molecule has 3 aromatic rings. The molecule has 1 amide bonds. The van der Waals surface area contributed by atoms with Crippen LogP contribution in [0.2, 0.25) is 0 Å². The fraction of sp³-hybridized carbons (Fsp3) is 0.286. The molecule has 1 aromatic carbocycles. The van der Waals surface area contributed by atoms with Gasteiger partial charge in [0, 0.05) is 26.4 Å². The number of aliphatic hydroxyl groups excluding tert-OH is 1. The second-order valence-electron chi connectivity index (χ2n) is 6.67. The Balaban J connectivity index is 2.07. The molecular weight excluding hydrogens is 393 g/mol. The van der Waals surface area contributed by atoms with Crippen molar-refractivity contribution in [3.05, 3.63) is 69.4 Å². The monoisotopic (exact) mass is 415 g/mol. The highest BCUT2D eigenvalue weighted by atomic mass is 19.1. The molecule has 0 aliphatic heterocycles. The summed E-state index contributed by atoms with van der Waals surface area (Å²) in [6, 6.07) is 7.66. The first kappa shape index (κ1) is 21.4. The summed E-state index contributed by atoms with van der Waals surface area (Å²) < 4.78 is 19.2. The summed E-state index contributed by atoms with van der Waals surface area (Å²) in [4.78, 5) is 29.6. The standard InChI is InChI=1S/C21H22FN3O5/c1-30-9-6-23-20(28)17-19(27)18-16(25(7-8-26)21(17)29)11-14(12-24-18)10-13-2-4-15(22)5-3-13/h2-5,11-12,26-27H,6-10H2,1H3,(H,23,28). The largest absolute Gasteiger partial charge is 0.505 e. The van der Waals surface area contributed by atoms with Gasteiger partial charge in [0.15, 0.2) is 5.75 Å². The van der Waals surface area contributed by atoms with Crippen molar-refractivity contribution in [2.45, 2.75) is 13.0 Å². The van der Waals surface area contributed by atoms with Crippen molar-refractivity contribution in [2.75, 3.05) is 26.9 Å². The van der Waals surface area contributed by atoms with Gasteiger partial charge in [-0.25, -0.2) is 4.39 Å². The van der Waals surface area contributed by atoms with Gasteiger partial charge in [0.2, 0.25) is 0 Å². The van der Waals surface area contributed by atoms with Gasteiger partial charge in [0.05, 0.1) is 18.7 Å². The number of hydrogen-bond donors (Lipinski definition) is 3. The quantitative estimate of drug-likeness (QED) is 0.477. The van der Waals surface area contributed by atoms with E-state index in [2.05, 4.69) is 10.3 Å². The minimum Gasteiger partial charge on any atom is -0.505 e. The van der Waals surface area contributed by atoms with Gasteiger partial charge in [0.1, 0.15) is 16.9 Å². The van der Waals surface area contributed by atoms with Crippen molar-refractivity contribution >= 4 is 16.9 Å². The van der Waals surface area contributed by atoms with E-state index in [9.17, 15) is 24.2 Å². The van der Waals surface area contributed by atoms with E-state index in [4.69, 9.17) is 4.74 Å². The van der Waals surface area contributed by atoms with E-state index < -0.39 is 22.8 Å². The molecule has 0 aliphatic rings. The Bertz CT molecular complexity index is 1110. The first-order valence-corrected chi connectivity index (χ1v) is 9.33. The molecule has 0 radical (unpaired) electrons. The molecule has 0 saturated carbocycles. The molecule has 158 valence electrons. The lowest BCUT2D eigenvalue weighted by atomic mass is 10.1. The molecule has 2 aromatic heterocycles. The summed E-state index contributed by atoms with van der Waals surface area (Å²) in [6.07, 6.45) is 1.95. The number of aromatic nitrogens is 2. The van der Waals surface area contributed by atoms with Crippen LogP contribution in [0.15, 0.2) is 41.3 Å². The van der Waals surface area contributed by atoms with E-state index in [1.165, 1.54) is 30.0 Å². The number of ether oxygens (including phenoxy) is 1. The van der Waals surface area contributed by atoms with E-state index >= 15 is 0 Å². The number of aliphatic hydroxyl groups is 1. The Morgan fingerprint density at radius 3 is 2.67 bits per heavy atom. The maximum absolute atomic E-state index is 13.1. The average molecular weight is 415 g/mol. The van der Waals surface area contributed by atoms with Crippen molar-refractivity contribution in [3.63, 3.8) is 0 Å². The normalized spacial score (nSPS) is 11.0. The Labute approximate surface area is 171 Å². The van der Waals surface area contributed by atoms with Crippen LogP contribution < -0.4 is 10.9 Å². The number of pyridine rings is 2. The maximum atomic E-state index is 13.1. The Kier molecular flexibility index (Phi) is 6.76. The molecule has 2 heterocycles. The number of benzene rings is 1. The molecular formula is C21H22FN3O5. The van der Waals surface area contributed by atoms with Crippen molar-refractivity contribution in [2.24, 2.45) is 0 Å². The van der Waals surface area contributed by atoms with Crippen LogP contribution in [0.5, 0.6) is 5.75 Å². The number of carbonyl (C=O) groups excluding carboxylic acids is 1. The van der Waals surface area contributed by atoms with E-state index in [0.717, 1.165) is 11.1 Å². The van der Waals surface area contributed by atoms with Crippen molar-refractivity contribution in [1.29, 1.82) is 0 Å². The number of fused-ring (bicyclic) bond motifs is 1. The first-order valence-electron chi connectivity index (χ1n) is 9.33. The fourth-order valence-electron chi connectivity index (χ4n) is 3.16. The number of aromatic hydroxyl groups is 1. The summed E-state index contributed by atoms with van der Waals surface area (Å²) >= 11 is 0. The van der Waals surface area contributed by atoms with Crippen LogP contribution in [0.25, 0.3) is 11.0 Å². The summed E-state index contributed by atoms with van der Waals surface area (Å²) in [5, 5.41) is 22.5. The predicted molar refractivity (Wildman–Crippen MR) is 108 cm³/mol. The van der Waals surface area contributed by atoms with Crippen molar-refractivity contribution in [1.82, 2.24) is 14.9 Å². The minimum absolute atomic E-state index is 0.0720. The molecule has 0 bridgehead atoms. The summed E-state index contributed by atoms with van der Waals surface area (Å²) in [5.41, 5.74) is 0.752. The zero-order chi connectivity index (χ0) is 21.7. The third kappa shape index (κ3) is 4.47. The number of carbonyl (C=O) groups is 1. The summed E-state index contributed by atoms with van der Waals surface area (Å²) in [6.45, 7) is -0.00541. The van der Waals surface area contributed by atoms with Crippen LogP contribution in [0, 0.1) is 5.82 Å². The van der Waals surface area contributed by atoms with E-state index in [-0.39, 0.29) is 37.6 Å². The topological polar surface area (TPSA) is 114 Å². The van der Waals surface area contributed by atoms with Crippen LogP contribution in [-0.4, -0.2) is 52.5 Å². The van der Waals surface area contributed by atoms with Crippen LogP contribution in [0.4, 0.5) is 4.39 Å². The fourth-order valence-corrected chi connectivity index (χ4v) is 3.16. The zero-order valence-corrected chi connectivity index (χ0v) is 16.4. The van der Waals surface area contributed by atoms with Gasteiger partial charge in [-0.05, 0) is 35.7 Å². The molecule has 0 atom stereocenters. The molecule has 0 saturated heterocycles. The minimum atomic E-state index is -0.750. The van der Waals surface area contributed by atoms with Gasteiger partial charge in [-0.1, -0.05) is 12.1 Å². The van der Waals surface area contributed by atoms with Crippen LogP contribution >= 0.6 is 0 Å². The number of hydrogen-bond acceptors (Lipinski definition) is 6. The van der Waals surface area contributed by atoms with E-state index in [0.29, 0.717) is 11.9 Å². The Morgan fingerprint density at radius 2 is 2.00 bits per heavy atom. The molecule has 0 unspecified atom stereocenters. The van der Waals surface area contributed by atoms with Crippen LogP contribution in [0.3, 0.4) is 0 Å². The predicted octanol–water partition coefficient (Wildman–Crippen LogP) is 1.20. The third-order valence-corrected chi connectivity index (χ3v) is 4.60. The molecule has 3 N–H and O–H groups in total. The number of rotatable bonds is 8. The molecule has 30 heavy (non-hydrogen) atoms. The molecule has 3 rings (SSSR count). The maximum Gasteiger partial charge on any atom is 0.267 e. The average Bonchev–Trinajstić information content (AvgIpc) is 2.73. The molecule has 9 heteroatoms. The number of nitrogens with zero attached hydrogens (tertiary/aromatic N) is 2. The van der Waals surface area contributed by atoms with Crippen LogP contribution in [-0.2, 0) is 17.7 Å². The third-order valence-electron chi connectivity index (χ3n) is 4.60. The van der Waals surface area contributed by atoms with Gasteiger partial charge in [-0.15, -0.1) is 0 Å². The summed E-state index contributed by atoms with van der Waals surface area (Å²) in [5.74, 6) is -1.61. The molecule has 0 spiro atoms. The zero-order valence-electron chi connectivity index (χ0n) is 16.4. The number of halogens is 1. The van der Waals surface area contributed by atoms with Crippen molar-refractivity contribution < 1.29 is 24.1 Å². The highest BCUT2D eigenvalue weighted by Crippen LogP contribution is 2.26. The number of methoxy groups -OCH3 is 1. The molecule has 0 aliphatic carbocycles. The highest BCUT2D eigenvalue weighted by molar-refractivity contribution is 6.01.